The SMILES string of the molecule is CC(=O)N1c2ccc(S(=O)(=O)N3CCCCC3)cc2CC1C(=O)N1CCC2(CC1)OCCO2. The summed E-state index contributed by atoms with van der Waals surface area (Å²) >= 11 is 0. The van der Waals surface area contributed by atoms with E-state index >= 15 is 0 Å². The maximum atomic E-state index is 13.4. The van der Waals surface area contributed by atoms with Gasteiger partial charge in [0.1, 0.15) is 6.04 Å². The smallest absolute Gasteiger partial charge is 0.246 e. The molecule has 5 rings (SSSR count). The Kier molecular flexibility index (Phi) is 5.97. The second-order valence-electron chi connectivity index (χ2n) is 9.30. The Balaban J connectivity index is 1.36. The lowest BCUT2D eigenvalue weighted by Gasteiger charge is -2.39. The van der Waals surface area contributed by atoms with Crippen LogP contribution in [-0.4, -0.2) is 80.7 Å². The van der Waals surface area contributed by atoms with Gasteiger partial charge in [0.25, 0.3) is 0 Å². The first kappa shape index (κ1) is 22.8. The molecule has 0 radical (unpaired) electrons. The fraction of sp³-hybridized carbons (Fsp3) is 0.652. The third-order valence-electron chi connectivity index (χ3n) is 7.26. The van der Waals surface area contributed by atoms with Crippen molar-refractivity contribution < 1.29 is 27.5 Å². The molecule has 0 saturated carbocycles. The molecule has 4 aliphatic heterocycles. The first-order chi connectivity index (χ1) is 15.8. The van der Waals surface area contributed by atoms with E-state index < -0.39 is 21.9 Å². The molecule has 4 heterocycles. The molecule has 33 heavy (non-hydrogen) atoms. The van der Waals surface area contributed by atoms with E-state index in [1.165, 1.54) is 16.1 Å². The van der Waals surface area contributed by atoms with Gasteiger partial charge in [-0.15, -0.1) is 0 Å². The second kappa shape index (κ2) is 8.65. The summed E-state index contributed by atoms with van der Waals surface area (Å²) in [6.45, 7) is 4.67. The zero-order valence-electron chi connectivity index (χ0n) is 19.0. The van der Waals surface area contributed by atoms with Gasteiger partial charge in [-0.3, -0.25) is 14.5 Å². The van der Waals surface area contributed by atoms with E-state index in [0.717, 1.165) is 24.8 Å². The first-order valence-electron chi connectivity index (χ1n) is 11.8. The Morgan fingerprint density at radius 2 is 1.67 bits per heavy atom. The summed E-state index contributed by atoms with van der Waals surface area (Å²) < 4.78 is 39.3. The fourth-order valence-corrected chi connectivity index (χ4v) is 7.06. The molecule has 3 fully saturated rings. The van der Waals surface area contributed by atoms with Crippen molar-refractivity contribution in [3.63, 3.8) is 0 Å². The van der Waals surface area contributed by atoms with Crippen LogP contribution in [0.25, 0.3) is 0 Å². The number of ether oxygens (including phenoxy) is 2. The van der Waals surface area contributed by atoms with Crippen LogP contribution in [0.15, 0.2) is 23.1 Å². The van der Waals surface area contributed by atoms with Crippen molar-refractivity contribution in [2.45, 2.75) is 62.2 Å². The minimum absolute atomic E-state index is 0.116. The van der Waals surface area contributed by atoms with E-state index in [1.807, 2.05) is 0 Å². The normalized spacial score (nSPS) is 25.4. The van der Waals surface area contributed by atoms with Gasteiger partial charge in [0.2, 0.25) is 21.8 Å². The molecular formula is C23H31N3O6S. The lowest BCUT2D eigenvalue weighted by Crippen LogP contribution is -2.54. The Morgan fingerprint density at radius 1 is 1.00 bits per heavy atom. The Labute approximate surface area is 194 Å². The molecule has 3 saturated heterocycles. The van der Waals surface area contributed by atoms with Crippen molar-refractivity contribution in [1.29, 1.82) is 0 Å². The lowest BCUT2D eigenvalue weighted by molar-refractivity contribution is -0.187. The summed E-state index contributed by atoms with van der Waals surface area (Å²) in [6, 6.07) is 4.22. The highest BCUT2D eigenvalue weighted by atomic mass is 32.2. The van der Waals surface area contributed by atoms with Crippen LogP contribution in [0.3, 0.4) is 0 Å². The fourth-order valence-electron chi connectivity index (χ4n) is 5.49. The number of amides is 2. The van der Waals surface area contributed by atoms with Gasteiger partial charge >= 0.3 is 0 Å². The number of carbonyl (C=O) groups is 2. The molecule has 1 atom stereocenters. The largest absolute Gasteiger partial charge is 0.347 e. The second-order valence-corrected chi connectivity index (χ2v) is 11.2. The monoisotopic (exact) mass is 477 g/mol. The minimum atomic E-state index is -3.59. The zero-order chi connectivity index (χ0) is 23.2. The lowest BCUT2D eigenvalue weighted by atomic mass is 10.0. The highest BCUT2D eigenvalue weighted by molar-refractivity contribution is 7.89. The van der Waals surface area contributed by atoms with Crippen molar-refractivity contribution in [2.75, 3.05) is 44.3 Å². The molecule has 1 aromatic rings. The topological polar surface area (TPSA) is 96.5 Å². The maximum absolute atomic E-state index is 13.4. The van der Waals surface area contributed by atoms with Crippen LogP contribution < -0.4 is 4.90 Å². The van der Waals surface area contributed by atoms with Crippen LogP contribution in [0.2, 0.25) is 0 Å². The average Bonchev–Trinajstić information content (AvgIpc) is 3.44. The number of benzene rings is 1. The molecule has 2 amide bonds. The number of rotatable bonds is 3. The third-order valence-corrected chi connectivity index (χ3v) is 9.16. The number of carbonyl (C=O) groups excluding carboxylic acids is 2. The minimum Gasteiger partial charge on any atom is -0.347 e. The van der Waals surface area contributed by atoms with E-state index in [-0.39, 0.29) is 16.7 Å². The van der Waals surface area contributed by atoms with E-state index in [9.17, 15) is 18.0 Å². The van der Waals surface area contributed by atoms with Crippen LogP contribution in [0.5, 0.6) is 0 Å². The van der Waals surface area contributed by atoms with Gasteiger partial charge in [0, 0.05) is 58.1 Å². The standard InChI is InChI=1S/C23H31N3O6S/c1-17(27)26-20-6-5-19(33(29,30)25-9-3-2-4-10-25)15-18(20)16-21(26)22(28)24-11-7-23(8-12-24)31-13-14-32-23/h5-6,15,21H,2-4,7-14,16H2,1H3. The van der Waals surface area contributed by atoms with Crippen LogP contribution in [0.4, 0.5) is 5.69 Å². The summed E-state index contributed by atoms with van der Waals surface area (Å²) in [4.78, 5) is 29.5. The van der Waals surface area contributed by atoms with Crippen molar-refractivity contribution >= 4 is 27.5 Å². The quantitative estimate of drug-likeness (QED) is 0.655. The first-order valence-corrected chi connectivity index (χ1v) is 13.2. The van der Waals surface area contributed by atoms with Crippen molar-refractivity contribution in [1.82, 2.24) is 9.21 Å². The summed E-state index contributed by atoms with van der Waals surface area (Å²) in [5, 5.41) is 0. The van der Waals surface area contributed by atoms with Crippen molar-refractivity contribution in [3.8, 4) is 0 Å². The molecule has 0 bridgehead atoms. The number of fused-ring (bicyclic) bond motifs is 1. The Bertz CT molecular complexity index is 1040. The molecule has 180 valence electrons. The third kappa shape index (κ3) is 4.07. The molecule has 0 N–H and O–H groups in total. The number of anilines is 1. The van der Waals surface area contributed by atoms with E-state index in [0.29, 0.717) is 64.3 Å². The van der Waals surface area contributed by atoms with Gasteiger partial charge < -0.3 is 14.4 Å². The molecule has 1 spiro atoms. The molecule has 0 aliphatic carbocycles. The summed E-state index contributed by atoms with van der Waals surface area (Å²) in [5.74, 6) is -0.919. The summed E-state index contributed by atoms with van der Waals surface area (Å²) in [7, 11) is -3.59. The predicted molar refractivity (Wildman–Crippen MR) is 120 cm³/mol. The van der Waals surface area contributed by atoms with Gasteiger partial charge in [0.05, 0.1) is 18.1 Å². The molecule has 1 unspecified atom stereocenters. The molecule has 9 nitrogen and oxygen atoms in total. The Morgan fingerprint density at radius 3 is 2.30 bits per heavy atom. The number of hydrogen-bond donors (Lipinski definition) is 0. The number of nitrogens with zero attached hydrogens (tertiary/aromatic N) is 3. The van der Waals surface area contributed by atoms with E-state index in [1.54, 1.807) is 23.1 Å². The highest BCUT2D eigenvalue weighted by Crippen LogP contribution is 2.37. The molecule has 4 aliphatic rings. The van der Waals surface area contributed by atoms with Gasteiger partial charge in [-0.25, -0.2) is 8.42 Å². The molecule has 1 aromatic carbocycles. The van der Waals surface area contributed by atoms with Crippen LogP contribution in [0.1, 0.15) is 44.6 Å². The van der Waals surface area contributed by atoms with Gasteiger partial charge in [-0.1, -0.05) is 6.42 Å². The number of likely N-dealkylation sites (tertiary alicyclic amines) is 1. The van der Waals surface area contributed by atoms with Gasteiger partial charge in [0.15, 0.2) is 5.79 Å². The van der Waals surface area contributed by atoms with Crippen LogP contribution in [-0.2, 0) is 35.5 Å². The van der Waals surface area contributed by atoms with Gasteiger partial charge in [-0.05, 0) is 36.6 Å². The predicted octanol–water partition coefficient (Wildman–Crippen LogP) is 1.50. The van der Waals surface area contributed by atoms with Crippen molar-refractivity contribution in [3.05, 3.63) is 23.8 Å². The number of hydrogen-bond acceptors (Lipinski definition) is 6. The Hall–Kier alpha value is -2.01. The summed E-state index contributed by atoms with van der Waals surface area (Å²) in [5.41, 5.74) is 1.34. The van der Waals surface area contributed by atoms with Gasteiger partial charge in [-0.2, -0.15) is 4.31 Å². The van der Waals surface area contributed by atoms with Crippen molar-refractivity contribution in [2.24, 2.45) is 0 Å². The molecule has 0 aromatic heterocycles. The average molecular weight is 478 g/mol. The van der Waals surface area contributed by atoms with E-state index in [2.05, 4.69) is 0 Å². The van der Waals surface area contributed by atoms with E-state index in [4.69, 9.17) is 9.47 Å². The maximum Gasteiger partial charge on any atom is 0.246 e. The number of sulfonamides is 1. The number of piperidine rings is 2. The molecule has 10 heteroatoms. The highest BCUT2D eigenvalue weighted by Gasteiger charge is 2.45. The zero-order valence-corrected chi connectivity index (χ0v) is 19.8. The summed E-state index contributed by atoms with van der Waals surface area (Å²) in [6.07, 6.45) is 4.31. The van der Waals surface area contributed by atoms with Crippen LogP contribution >= 0.6 is 0 Å². The van der Waals surface area contributed by atoms with Crippen LogP contribution in [0, 0.1) is 0 Å². The molecular weight excluding hydrogens is 446 g/mol.